The molecular weight excluding hydrogens is 420 g/mol. The number of carbonyl (C=O) groups excluding carboxylic acids is 3. The first-order chi connectivity index (χ1) is 15.4. The highest BCUT2D eigenvalue weighted by molar-refractivity contribution is 7.98. The number of rotatable bonds is 4. The number of benzene rings is 3. The topological polar surface area (TPSA) is 57.7 Å². The largest absolute Gasteiger partial charge is 0.343 e. The molecule has 1 heterocycles. The van der Waals surface area contributed by atoms with Gasteiger partial charge in [0.25, 0.3) is 11.8 Å². The van der Waals surface area contributed by atoms with E-state index in [4.69, 9.17) is 0 Å². The minimum absolute atomic E-state index is 0.0670. The molecule has 0 unspecified atom stereocenters. The number of thioether (sulfide) groups is 1. The minimum Gasteiger partial charge on any atom is -0.268 e. The van der Waals surface area contributed by atoms with Crippen LogP contribution in [-0.2, 0) is 9.59 Å². The van der Waals surface area contributed by atoms with E-state index >= 15 is 0 Å². The van der Waals surface area contributed by atoms with E-state index in [0.29, 0.717) is 16.9 Å². The van der Waals surface area contributed by atoms with Gasteiger partial charge in [-0.3, -0.25) is 9.59 Å². The monoisotopic (exact) mass is 442 g/mol. The second-order valence-corrected chi connectivity index (χ2v) is 8.45. The molecule has 0 spiro atoms. The van der Waals surface area contributed by atoms with Crippen molar-refractivity contribution in [2.75, 3.05) is 16.1 Å². The van der Waals surface area contributed by atoms with E-state index in [1.165, 1.54) is 0 Å². The van der Waals surface area contributed by atoms with Crippen molar-refractivity contribution < 1.29 is 14.4 Å². The van der Waals surface area contributed by atoms with E-state index in [2.05, 4.69) is 0 Å². The van der Waals surface area contributed by atoms with Crippen molar-refractivity contribution >= 4 is 47.1 Å². The van der Waals surface area contributed by atoms with Gasteiger partial charge >= 0.3 is 6.03 Å². The van der Waals surface area contributed by atoms with Gasteiger partial charge in [-0.2, -0.15) is 0 Å². The van der Waals surface area contributed by atoms with Crippen LogP contribution in [0.3, 0.4) is 0 Å². The van der Waals surface area contributed by atoms with Crippen LogP contribution in [0.4, 0.5) is 16.2 Å². The standard InChI is InChI=1S/C26H22N2O3S/c1-17-4-10-20(11-5-17)27-24(29)23(16-19-8-14-22(32-3)15-9-19)25(30)28(26(27)31)21-12-6-18(2)7-13-21/h4-16H,1-3H3. The van der Waals surface area contributed by atoms with Crippen LogP contribution in [0.25, 0.3) is 6.08 Å². The molecule has 0 N–H and O–H groups in total. The lowest BCUT2D eigenvalue weighted by atomic mass is 10.0. The maximum atomic E-state index is 13.4. The number of aryl methyl sites for hydroxylation is 2. The Morgan fingerprint density at radius 2 is 1.09 bits per heavy atom. The van der Waals surface area contributed by atoms with Crippen LogP contribution in [0.5, 0.6) is 0 Å². The van der Waals surface area contributed by atoms with E-state index in [0.717, 1.165) is 25.8 Å². The van der Waals surface area contributed by atoms with Crippen molar-refractivity contribution in [3.05, 3.63) is 95.1 Å². The summed E-state index contributed by atoms with van der Waals surface area (Å²) >= 11 is 1.61. The molecule has 160 valence electrons. The molecule has 0 saturated carbocycles. The Morgan fingerprint density at radius 3 is 1.50 bits per heavy atom. The van der Waals surface area contributed by atoms with Crippen LogP contribution in [0.2, 0.25) is 0 Å². The summed E-state index contributed by atoms with van der Waals surface area (Å²) in [5.41, 5.74) is 3.48. The fourth-order valence-electron chi connectivity index (χ4n) is 3.44. The first kappa shape index (κ1) is 21.6. The second kappa shape index (κ2) is 8.85. The Bertz CT molecular complexity index is 1140. The Morgan fingerprint density at radius 1 is 0.656 bits per heavy atom. The van der Waals surface area contributed by atoms with Crippen molar-refractivity contribution in [3.8, 4) is 0 Å². The van der Waals surface area contributed by atoms with Gasteiger partial charge < -0.3 is 0 Å². The highest BCUT2D eigenvalue weighted by Gasteiger charge is 2.43. The lowest BCUT2D eigenvalue weighted by Gasteiger charge is -2.34. The fourth-order valence-corrected chi connectivity index (χ4v) is 3.85. The summed E-state index contributed by atoms with van der Waals surface area (Å²) in [5.74, 6) is -1.28. The molecule has 3 aromatic rings. The molecule has 1 aliphatic heterocycles. The summed E-state index contributed by atoms with van der Waals surface area (Å²) in [7, 11) is 0. The normalized spacial score (nSPS) is 14.2. The first-order valence-electron chi connectivity index (χ1n) is 10.1. The Hall–Kier alpha value is -3.64. The van der Waals surface area contributed by atoms with Gasteiger partial charge in [0.2, 0.25) is 0 Å². The molecule has 0 bridgehead atoms. The highest BCUT2D eigenvalue weighted by atomic mass is 32.2. The molecule has 0 radical (unpaired) electrons. The molecular formula is C26H22N2O3S. The lowest BCUT2D eigenvalue weighted by Crippen LogP contribution is -2.57. The van der Waals surface area contributed by atoms with E-state index in [9.17, 15) is 14.4 Å². The smallest absolute Gasteiger partial charge is 0.268 e. The molecule has 1 fully saturated rings. The molecule has 4 amide bonds. The van der Waals surface area contributed by atoms with Crippen LogP contribution in [0, 0.1) is 13.8 Å². The van der Waals surface area contributed by atoms with Crippen molar-refractivity contribution in [2.45, 2.75) is 18.7 Å². The number of urea groups is 1. The Balaban J connectivity index is 1.84. The molecule has 5 nitrogen and oxygen atoms in total. The molecule has 0 atom stereocenters. The average molecular weight is 443 g/mol. The number of nitrogens with zero attached hydrogens (tertiary/aromatic N) is 2. The number of hydrogen-bond acceptors (Lipinski definition) is 4. The number of anilines is 2. The van der Waals surface area contributed by atoms with Crippen LogP contribution < -0.4 is 9.80 Å². The average Bonchev–Trinajstić information content (AvgIpc) is 2.80. The van der Waals surface area contributed by atoms with Crippen LogP contribution >= 0.6 is 11.8 Å². The third-order valence-corrected chi connectivity index (χ3v) is 6.00. The molecule has 3 aromatic carbocycles. The summed E-state index contributed by atoms with van der Waals surface area (Å²) in [6, 6.07) is 21.0. The number of imide groups is 2. The molecule has 1 aliphatic rings. The van der Waals surface area contributed by atoms with E-state index in [-0.39, 0.29) is 5.57 Å². The zero-order valence-corrected chi connectivity index (χ0v) is 18.8. The number of barbiturate groups is 1. The summed E-state index contributed by atoms with van der Waals surface area (Å²) < 4.78 is 0. The van der Waals surface area contributed by atoms with E-state index < -0.39 is 17.8 Å². The van der Waals surface area contributed by atoms with Crippen molar-refractivity contribution in [2.24, 2.45) is 0 Å². The quantitative estimate of drug-likeness (QED) is 0.299. The van der Waals surface area contributed by atoms with Gasteiger partial charge in [-0.15, -0.1) is 11.8 Å². The predicted octanol–water partition coefficient (Wildman–Crippen LogP) is 5.61. The summed E-state index contributed by atoms with van der Waals surface area (Å²) in [5, 5.41) is 0. The predicted molar refractivity (Wildman–Crippen MR) is 129 cm³/mol. The fraction of sp³-hybridized carbons (Fsp3) is 0.115. The Labute approximate surface area is 191 Å². The van der Waals surface area contributed by atoms with E-state index in [1.807, 2.05) is 68.6 Å². The maximum absolute atomic E-state index is 13.4. The summed E-state index contributed by atoms with van der Waals surface area (Å²) in [4.78, 5) is 43.3. The maximum Gasteiger partial charge on any atom is 0.343 e. The third-order valence-electron chi connectivity index (χ3n) is 5.26. The molecule has 6 heteroatoms. The molecule has 0 aliphatic carbocycles. The zero-order valence-electron chi connectivity index (χ0n) is 18.0. The van der Waals surface area contributed by atoms with Crippen molar-refractivity contribution in [1.29, 1.82) is 0 Å². The van der Waals surface area contributed by atoms with Gasteiger partial charge in [-0.1, -0.05) is 47.5 Å². The van der Waals surface area contributed by atoms with Crippen molar-refractivity contribution in [1.82, 2.24) is 0 Å². The van der Waals surface area contributed by atoms with Gasteiger partial charge in [-0.25, -0.2) is 14.6 Å². The number of carbonyl (C=O) groups is 3. The van der Waals surface area contributed by atoms with Crippen molar-refractivity contribution in [3.63, 3.8) is 0 Å². The van der Waals surface area contributed by atoms with Crippen LogP contribution in [0.15, 0.2) is 83.3 Å². The number of hydrogen-bond donors (Lipinski definition) is 0. The lowest BCUT2D eigenvalue weighted by molar-refractivity contribution is -0.121. The minimum atomic E-state index is -0.692. The molecule has 0 aromatic heterocycles. The van der Waals surface area contributed by atoms with Gasteiger partial charge in [0.05, 0.1) is 11.4 Å². The van der Waals surface area contributed by atoms with Gasteiger partial charge in [0.1, 0.15) is 5.57 Å². The second-order valence-electron chi connectivity index (χ2n) is 7.57. The van der Waals surface area contributed by atoms with Crippen LogP contribution in [0.1, 0.15) is 16.7 Å². The Kier molecular flexibility index (Phi) is 5.97. The zero-order chi connectivity index (χ0) is 22.8. The van der Waals surface area contributed by atoms with Gasteiger partial charge in [0, 0.05) is 4.90 Å². The van der Waals surface area contributed by atoms with E-state index in [1.54, 1.807) is 42.1 Å². The molecule has 32 heavy (non-hydrogen) atoms. The van der Waals surface area contributed by atoms with Gasteiger partial charge in [0.15, 0.2) is 0 Å². The summed E-state index contributed by atoms with van der Waals surface area (Å²) in [6.45, 7) is 3.85. The number of amides is 4. The van der Waals surface area contributed by atoms with Gasteiger partial charge in [-0.05, 0) is 68.1 Å². The highest BCUT2D eigenvalue weighted by Crippen LogP contribution is 2.30. The SMILES string of the molecule is CSc1ccc(C=C2C(=O)N(c3ccc(C)cc3)C(=O)N(c3ccc(C)cc3)C2=O)cc1. The third kappa shape index (κ3) is 4.09. The first-order valence-corrected chi connectivity index (χ1v) is 11.3. The molecule has 4 rings (SSSR count). The molecule has 1 saturated heterocycles. The van der Waals surface area contributed by atoms with Crippen LogP contribution in [-0.4, -0.2) is 24.1 Å². The summed E-state index contributed by atoms with van der Waals surface area (Å²) in [6.07, 6.45) is 3.52.